The number of carboxylic acids is 1. The van der Waals surface area contributed by atoms with Gasteiger partial charge < -0.3 is 14.6 Å². The highest BCUT2D eigenvalue weighted by Crippen LogP contribution is 2.32. The molecule has 0 saturated carbocycles. The van der Waals surface area contributed by atoms with Crippen LogP contribution in [0.15, 0.2) is 59.7 Å². The summed E-state index contributed by atoms with van der Waals surface area (Å²) in [5.74, 6) is -1.22. The molecular formula is C21H18N2O5. The molecule has 7 heteroatoms. The number of methoxy groups -OCH3 is 2. The number of carbonyl (C=O) groups excluding carboxylic acids is 1. The van der Waals surface area contributed by atoms with Crippen LogP contribution in [0.4, 0.5) is 0 Å². The summed E-state index contributed by atoms with van der Waals surface area (Å²) in [7, 11) is 2.77. The zero-order valence-electron chi connectivity index (χ0n) is 15.3. The third-order valence-electron chi connectivity index (χ3n) is 4.20. The van der Waals surface area contributed by atoms with Crippen molar-refractivity contribution in [3.05, 3.63) is 71.3 Å². The summed E-state index contributed by atoms with van der Waals surface area (Å²) < 4.78 is 10.3. The molecule has 1 amide bonds. The summed E-state index contributed by atoms with van der Waals surface area (Å²) in [5.41, 5.74) is 3.07. The summed E-state index contributed by atoms with van der Waals surface area (Å²) in [6.07, 6.45) is 1.26. The number of benzene rings is 3. The van der Waals surface area contributed by atoms with Gasteiger partial charge >= 0.3 is 5.97 Å². The maximum Gasteiger partial charge on any atom is 0.340 e. The topological polar surface area (TPSA) is 97.2 Å². The van der Waals surface area contributed by atoms with Gasteiger partial charge in [0.25, 0.3) is 5.91 Å². The van der Waals surface area contributed by atoms with Crippen LogP contribution >= 0.6 is 0 Å². The molecule has 28 heavy (non-hydrogen) atoms. The zero-order chi connectivity index (χ0) is 20.1. The number of hydrogen-bond donors (Lipinski definition) is 2. The first-order valence-corrected chi connectivity index (χ1v) is 8.36. The minimum absolute atomic E-state index is 0.0827. The van der Waals surface area contributed by atoms with Gasteiger partial charge in [0, 0.05) is 11.1 Å². The molecule has 0 aromatic heterocycles. The summed E-state index contributed by atoms with van der Waals surface area (Å²) in [6.45, 7) is 0. The molecular weight excluding hydrogens is 360 g/mol. The monoisotopic (exact) mass is 378 g/mol. The lowest BCUT2D eigenvalue weighted by atomic mass is 10.0. The van der Waals surface area contributed by atoms with E-state index in [-0.39, 0.29) is 22.6 Å². The van der Waals surface area contributed by atoms with Crippen LogP contribution in [0.2, 0.25) is 0 Å². The molecule has 0 atom stereocenters. The van der Waals surface area contributed by atoms with Crippen LogP contribution < -0.4 is 14.9 Å². The average molecular weight is 378 g/mol. The molecule has 0 aliphatic heterocycles. The zero-order valence-corrected chi connectivity index (χ0v) is 15.3. The van der Waals surface area contributed by atoms with Gasteiger partial charge in [-0.25, -0.2) is 10.2 Å². The van der Waals surface area contributed by atoms with E-state index < -0.39 is 11.9 Å². The van der Waals surface area contributed by atoms with Crippen molar-refractivity contribution in [2.45, 2.75) is 0 Å². The van der Waals surface area contributed by atoms with Gasteiger partial charge in [0.1, 0.15) is 5.56 Å². The molecule has 0 unspecified atom stereocenters. The molecule has 0 fully saturated rings. The minimum atomic E-state index is -1.20. The highest BCUT2D eigenvalue weighted by molar-refractivity contribution is 6.07. The Morgan fingerprint density at radius 2 is 1.75 bits per heavy atom. The lowest BCUT2D eigenvalue weighted by Gasteiger charge is -2.12. The summed E-state index contributed by atoms with van der Waals surface area (Å²) >= 11 is 0. The number of hydrogen-bond acceptors (Lipinski definition) is 5. The maximum atomic E-state index is 12.5. The van der Waals surface area contributed by atoms with E-state index in [4.69, 9.17) is 9.47 Å². The predicted molar refractivity (Wildman–Crippen MR) is 106 cm³/mol. The fourth-order valence-corrected chi connectivity index (χ4v) is 2.91. The molecule has 3 aromatic carbocycles. The van der Waals surface area contributed by atoms with Crippen LogP contribution in [-0.4, -0.2) is 37.4 Å². The quantitative estimate of drug-likeness (QED) is 0.507. The number of carboxylic acid groups (broad SMARTS) is 1. The maximum absolute atomic E-state index is 12.5. The Labute approximate surface area is 161 Å². The molecule has 0 bridgehead atoms. The van der Waals surface area contributed by atoms with E-state index >= 15 is 0 Å². The van der Waals surface area contributed by atoms with Crippen molar-refractivity contribution in [1.82, 2.24) is 5.43 Å². The number of ether oxygens (including phenoxy) is 2. The number of fused-ring (bicyclic) bond motifs is 1. The van der Waals surface area contributed by atoms with Crippen molar-refractivity contribution in [1.29, 1.82) is 0 Å². The molecule has 2 N–H and O–H groups in total. The van der Waals surface area contributed by atoms with Crippen molar-refractivity contribution in [3.8, 4) is 11.5 Å². The number of carbonyl (C=O) groups is 2. The fourth-order valence-electron chi connectivity index (χ4n) is 2.91. The van der Waals surface area contributed by atoms with E-state index in [0.29, 0.717) is 5.56 Å². The third kappa shape index (κ3) is 3.64. The van der Waals surface area contributed by atoms with E-state index in [1.165, 1.54) is 26.5 Å². The van der Waals surface area contributed by atoms with Crippen LogP contribution in [0, 0.1) is 0 Å². The Morgan fingerprint density at radius 3 is 2.46 bits per heavy atom. The number of nitrogens with zero attached hydrogens (tertiary/aromatic N) is 1. The second kappa shape index (κ2) is 8.22. The third-order valence-corrected chi connectivity index (χ3v) is 4.20. The van der Waals surface area contributed by atoms with Crippen LogP contribution in [0.3, 0.4) is 0 Å². The van der Waals surface area contributed by atoms with Gasteiger partial charge in [-0.1, -0.05) is 36.4 Å². The highest BCUT2D eigenvalue weighted by Gasteiger charge is 2.20. The van der Waals surface area contributed by atoms with Crippen molar-refractivity contribution in [2.24, 2.45) is 5.10 Å². The van der Waals surface area contributed by atoms with E-state index in [1.807, 2.05) is 30.3 Å². The molecule has 3 rings (SSSR count). The molecule has 7 nitrogen and oxygen atoms in total. The van der Waals surface area contributed by atoms with Crippen molar-refractivity contribution in [2.75, 3.05) is 14.2 Å². The summed E-state index contributed by atoms with van der Waals surface area (Å²) in [6, 6.07) is 16.0. The average Bonchev–Trinajstić information content (AvgIpc) is 2.72. The first-order valence-electron chi connectivity index (χ1n) is 8.36. The first kappa shape index (κ1) is 18.9. The lowest BCUT2D eigenvalue weighted by molar-refractivity contribution is 0.0692. The normalized spacial score (nSPS) is 10.8. The van der Waals surface area contributed by atoms with Gasteiger partial charge in [-0.3, -0.25) is 4.79 Å². The van der Waals surface area contributed by atoms with Crippen molar-refractivity contribution >= 4 is 28.9 Å². The van der Waals surface area contributed by atoms with E-state index in [1.54, 1.807) is 18.2 Å². The SMILES string of the molecule is COc1ccc(/C=N\NC(=O)c2cccc3ccccc23)c(C(=O)O)c1OC. The number of rotatable bonds is 6. The van der Waals surface area contributed by atoms with E-state index in [2.05, 4.69) is 10.5 Å². The number of nitrogens with one attached hydrogen (secondary N) is 1. The van der Waals surface area contributed by atoms with Gasteiger partial charge in [-0.15, -0.1) is 0 Å². The molecule has 3 aromatic rings. The van der Waals surface area contributed by atoms with Crippen molar-refractivity contribution < 1.29 is 24.2 Å². The number of hydrazone groups is 1. The molecule has 0 heterocycles. The number of amides is 1. The van der Waals surface area contributed by atoms with Crippen LogP contribution in [0.1, 0.15) is 26.3 Å². The molecule has 0 radical (unpaired) electrons. The van der Waals surface area contributed by atoms with Gasteiger partial charge in [-0.2, -0.15) is 5.10 Å². The second-order valence-corrected chi connectivity index (χ2v) is 5.80. The van der Waals surface area contributed by atoms with Gasteiger partial charge in [0.15, 0.2) is 11.5 Å². The van der Waals surface area contributed by atoms with Crippen molar-refractivity contribution in [3.63, 3.8) is 0 Å². The largest absolute Gasteiger partial charge is 0.493 e. The molecule has 0 saturated heterocycles. The highest BCUT2D eigenvalue weighted by atomic mass is 16.5. The minimum Gasteiger partial charge on any atom is -0.493 e. The predicted octanol–water partition coefficient (Wildman–Crippen LogP) is 3.32. The number of aromatic carboxylic acids is 1. The van der Waals surface area contributed by atoms with Crippen LogP contribution in [0.5, 0.6) is 11.5 Å². The van der Waals surface area contributed by atoms with Gasteiger partial charge in [0.2, 0.25) is 0 Å². The summed E-state index contributed by atoms with van der Waals surface area (Å²) in [4.78, 5) is 24.2. The summed E-state index contributed by atoms with van der Waals surface area (Å²) in [5, 5.41) is 15.2. The molecule has 0 spiro atoms. The fraction of sp³-hybridized carbons (Fsp3) is 0.0952. The van der Waals surface area contributed by atoms with E-state index in [9.17, 15) is 14.7 Å². The Hall–Kier alpha value is -3.87. The lowest BCUT2D eigenvalue weighted by Crippen LogP contribution is -2.18. The Balaban J connectivity index is 1.88. The van der Waals surface area contributed by atoms with Gasteiger partial charge in [-0.05, 0) is 29.0 Å². The molecule has 142 valence electrons. The Bertz CT molecular complexity index is 1070. The first-order chi connectivity index (χ1) is 13.6. The smallest absolute Gasteiger partial charge is 0.340 e. The Morgan fingerprint density at radius 1 is 1.00 bits per heavy atom. The van der Waals surface area contributed by atoms with Crippen LogP contribution in [-0.2, 0) is 0 Å². The Kier molecular flexibility index (Phi) is 5.55. The van der Waals surface area contributed by atoms with Gasteiger partial charge in [0.05, 0.1) is 20.4 Å². The second-order valence-electron chi connectivity index (χ2n) is 5.80. The standard InChI is InChI=1S/C21H18N2O5/c1-27-17-11-10-14(18(21(25)26)19(17)28-2)12-22-23-20(24)16-9-5-7-13-6-3-4-8-15(13)16/h3-12H,1-2H3,(H,23,24)(H,25,26)/b22-12-. The van der Waals surface area contributed by atoms with Crippen LogP contribution in [0.25, 0.3) is 10.8 Å². The van der Waals surface area contributed by atoms with E-state index in [0.717, 1.165) is 10.8 Å². The molecule has 0 aliphatic rings. The molecule has 0 aliphatic carbocycles.